The SMILES string of the molecule is CC/C=C1/NC(=S)N(CC)C1=O. The molecule has 66 valence electrons. The van der Waals surface area contributed by atoms with E-state index < -0.39 is 0 Å². The molecule has 0 bridgehead atoms. The highest BCUT2D eigenvalue weighted by Crippen LogP contribution is 2.09. The van der Waals surface area contributed by atoms with Gasteiger partial charge in [-0.1, -0.05) is 13.0 Å². The van der Waals surface area contributed by atoms with E-state index in [1.807, 2.05) is 19.9 Å². The summed E-state index contributed by atoms with van der Waals surface area (Å²) >= 11 is 4.96. The van der Waals surface area contributed by atoms with Gasteiger partial charge in [0.15, 0.2) is 5.11 Å². The van der Waals surface area contributed by atoms with Crippen molar-refractivity contribution in [3.05, 3.63) is 11.8 Å². The lowest BCUT2D eigenvalue weighted by molar-refractivity contribution is -0.122. The summed E-state index contributed by atoms with van der Waals surface area (Å²) in [7, 11) is 0. The standard InChI is InChI=1S/C8H12N2OS/c1-3-5-6-7(11)10(4-2)8(12)9-6/h5H,3-4H2,1-2H3,(H,9,12)/b6-5+. The monoisotopic (exact) mass is 184 g/mol. The van der Waals surface area contributed by atoms with E-state index >= 15 is 0 Å². The van der Waals surface area contributed by atoms with Gasteiger partial charge in [0.05, 0.1) is 0 Å². The van der Waals surface area contributed by atoms with Crippen molar-refractivity contribution in [1.82, 2.24) is 10.2 Å². The van der Waals surface area contributed by atoms with E-state index in [0.717, 1.165) is 6.42 Å². The highest BCUT2D eigenvalue weighted by molar-refractivity contribution is 7.80. The topological polar surface area (TPSA) is 32.3 Å². The molecule has 12 heavy (non-hydrogen) atoms. The summed E-state index contributed by atoms with van der Waals surface area (Å²) < 4.78 is 0. The van der Waals surface area contributed by atoms with Crippen LogP contribution in [-0.2, 0) is 4.79 Å². The third-order valence-corrected chi connectivity index (χ3v) is 2.01. The highest BCUT2D eigenvalue weighted by atomic mass is 32.1. The second-order valence-electron chi connectivity index (χ2n) is 2.51. The van der Waals surface area contributed by atoms with E-state index in [1.165, 1.54) is 0 Å². The van der Waals surface area contributed by atoms with Gasteiger partial charge in [0, 0.05) is 6.54 Å². The van der Waals surface area contributed by atoms with Crippen LogP contribution in [0, 0.1) is 0 Å². The molecule has 1 rings (SSSR count). The summed E-state index contributed by atoms with van der Waals surface area (Å²) in [5.41, 5.74) is 0.615. The Hall–Kier alpha value is -0.900. The minimum Gasteiger partial charge on any atom is -0.328 e. The van der Waals surface area contributed by atoms with E-state index in [1.54, 1.807) is 4.90 Å². The van der Waals surface area contributed by atoms with Gasteiger partial charge in [0.2, 0.25) is 0 Å². The molecule has 0 aromatic rings. The van der Waals surface area contributed by atoms with E-state index in [-0.39, 0.29) is 5.91 Å². The molecule has 1 amide bonds. The number of amides is 1. The maximum atomic E-state index is 11.4. The number of nitrogens with zero attached hydrogens (tertiary/aromatic N) is 1. The minimum absolute atomic E-state index is 0.00986. The zero-order valence-corrected chi connectivity index (χ0v) is 8.07. The van der Waals surface area contributed by atoms with Crippen molar-refractivity contribution in [2.75, 3.05) is 6.54 Å². The van der Waals surface area contributed by atoms with E-state index in [2.05, 4.69) is 5.32 Å². The van der Waals surface area contributed by atoms with Crippen LogP contribution in [0.4, 0.5) is 0 Å². The van der Waals surface area contributed by atoms with Gasteiger partial charge in [-0.25, -0.2) is 0 Å². The second kappa shape index (κ2) is 3.67. The van der Waals surface area contributed by atoms with E-state index in [9.17, 15) is 4.79 Å². The molecule has 0 atom stereocenters. The van der Waals surface area contributed by atoms with Gasteiger partial charge in [-0.2, -0.15) is 0 Å². The normalized spacial score (nSPS) is 20.5. The average Bonchev–Trinajstić information content (AvgIpc) is 2.29. The molecule has 0 saturated carbocycles. The first kappa shape index (κ1) is 9.19. The van der Waals surface area contributed by atoms with Crippen LogP contribution in [0.25, 0.3) is 0 Å². The lowest BCUT2D eigenvalue weighted by Gasteiger charge is -2.08. The Balaban J connectivity index is 2.82. The Kier molecular flexibility index (Phi) is 2.81. The van der Waals surface area contributed by atoms with Crippen LogP contribution >= 0.6 is 12.2 Å². The van der Waals surface area contributed by atoms with Crippen molar-refractivity contribution < 1.29 is 4.79 Å². The Morgan fingerprint density at radius 1 is 1.58 bits per heavy atom. The fourth-order valence-corrected chi connectivity index (χ4v) is 1.43. The van der Waals surface area contributed by atoms with Crippen molar-refractivity contribution in [2.24, 2.45) is 0 Å². The number of nitrogens with one attached hydrogen (secondary N) is 1. The molecule has 1 aliphatic heterocycles. The van der Waals surface area contributed by atoms with Crippen LogP contribution in [0.1, 0.15) is 20.3 Å². The summed E-state index contributed by atoms with van der Waals surface area (Å²) in [5, 5.41) is 3.39. The highest BCUT2D eigenvalue weighted by Gasteiger charge is 2.28. The van der Waals surface area contributed by atoms with Crippen LogP contribution in [0.3, 0.4) is 0 Å². The Morgan fingerprint density at radius 3 is 2.67 bits per heavy atom. The molecule has 3 nitrogen and oxygen atoms in total. The van der Waals surface area contributed by atoms with Crippen LogP contribution < -0.4 is 5.32 Å². The van der Waals surface area contributed by atoms with Gasteiger partial charge in [-0.05, 0) is 25.6 Å². The molecule has 1 N–H and O–H groups in total. The van der Waals surface area contributed by atoms with E-state index in [0.29, 0.717) is 17.4 Å². The smallest absolute Gasteiger partial charge is 0.276 e. The third kappa shape index (κ3) is 1.48. The van der Waals surface area contributed by atoms with Crippen molar-refractivity contribution in [2.45, 2.75) is 20.3 Å². The molecule has 0 aliphatic carbocycles. The van der Waals surface area contributed by atoms with Crippen LogP contribution in [0.15, 0.2) is 11.8 Å². The van der Waals surface area contributed by atoms with Gasteiger partial charge in [-0.15, -0.1) is 0 Å². The first-order valence-corrected chi connectivity index (χ1v) is 4.44. The molecule has 1 heterocycles. The molecule has 1 fully saturated rings. The number of hydrogen-bond acceptors (Lipinski definition) is 2. The largest absolute Gasteiger partial charge is 0.328 e. The van der Waals surface area contributed by atoms with Gasteiger partial charge < -0.3 is 5.32 Å². The molecule has 0 radical (unpaired) electrons. The molecule has 0 unspecified atom stereocenters. The van der Waals surface area contributed by atoms with Crippen molar-refractivity contribution in [1.29, 1.82) is 0 Å². The summed E-state index contributed by atoms with van der Waals surface area (Å²) in [4.78, 5) is 13.0. The van der Waals surface area contributed by atoms with Crippen LogP contribution in [0.2, 0.25) is 0 Å². The molecular formula is C8H12N2OS. The number of carbonyl (C=O) groups is 1. The van der Waals surface area contributed by atoms with E-state index in [4.69, 9.17) is 12.2 Å². The lowest BCUT2D eigenvalue weighted by atomic mass is 10.3. The Morgan fingerprint density at radius 2 is 2.25 bits per heavy atom. The molecular weight excluding hydrogens is 172 g/mol. The molecule has 0 aromatic carbocycles. The van der Waals surface area contributed by atoms with Gasteiger partial charge in [0.25, 0.3) is 5.91 Å². The van der Waals surface area contributed by atoms with Crippen LogP contribution in [-0.4, -0.2) is 22.5 Å². The number of carbonyl (C=O) groups excluding carboxylic acids is 1. The van der Waals surface area contributed by atoms with Gasteiger partial charge in [-0.3, -0.25) is 9.69 Å². The lowest BCUT2D eigenvalue weighted by Crippen LogP contribution is -2.30. The summed E-state index contributed by atoms with van der Waals surface area (Å²) in [6.45, 7) is 4.52. The Labute approximate surface area is 77.4 Å². The third-order valence-electron chi connectivity index (χ3n) is 1.69. The number of likely N-dealkylation sites (N-methyl/N-ethyl adjacent to an activating group) is 1. The molecule has 4 heteroatoms. The maximum absolute atomic E-state index is 11.4. The van der Waals surface area contributed by atoms with Gasteiger partial charge in [0.1, 0.15) is 5.70 Å². The summed E-state index contributed by atoms with van der Waals surface area (Å²) in [5.74, 6) is -0.00986. The predicted octanol–water partition coefficient (Wildman–Crippen LogP) is 1.02. The zero-order valence-electron chi connectivity index (χ0n) is 7.26. The fraction of sp³-hybridized carbons (Fsp3) is 0.500. The number of thiocarbonyl (C=S) groups is 1. The predicted molar refractivity (Wildman–Crippen MR) is 51.5 cm³/mol. The fourth-order valence-electron chi connectivity index (χ4n) is 1.10. The first-order chi connectivity index (χ1) is 5.70. The number of rotatable bonds is 2. The maximum Gasteiger partial charge on any atom is 0.276 e. The number of allylic oxidation sites excluding steroid dienone is 1. The molecule has 1 saturated heterocycles. The molecule has 0 aromatic heterocycles. The Bertz CT molecular complexity index is 247. The van der Waals surface area contributed by atoms with Crippen LogP contribution in [0.5, 0.6) is 0 Å². The summed E-state index contributed by atoms with van der Waals surface area (Å²) in [6, 6.07) is 0. The zero-order chi connectivity index (χ0) is 9.14. The minimum atomic E-state index is -0.00986. The average molecular weight is 184 g/mol. The van der Waals surface area contributed by atoms with Crippen molar-refractivity contribution in [3.8, 4) is 0 Å². The van der Waals surface area contributed by atoms with Crippen molar-refractivity contribution in [3.63, 3.8) is 0 Å². The molecule has 1 aliphatic rings. The number of hydrogen-bond donors (Lipinski definition) is 1. The second-order valence-corrected chi connectivity index (χ2v) is 2.89. The molecule has 0 spiro atoms. The van der Waals surface area contributed by atoms with Crippen molar-refractivity contribution >= 4 is 23.2 Å². The van der Waals surface area contributed by atoms with Gasteiger partial charge >= 0.3 is 0 Å². The summed E-state index contributed by atoms with van der Waals surface area (Å²) in [6.07, 6.45) is 2.69. The quantitative estimate of drug-likeness (QED) is 0.513. The first-order valence-electron chi connectivity index (χ1n) is 4.03.